The minimum absolute atomic E-state index is 0.314. The second-order valence-electron chi connectivity index (χ2n) is 5.44. The van der Waals surface area contributed by atoms with Crippen LogP contribution in [0.15, 0.2) is 63.8 Å². The molecular formula is C19H14NO6-. The van der Waals surface area contributed by atoms with Crippen LogP contribution in [0.25, 0.3) is 22.1 Å². The Morgan fingerprint density at radius 1 is 1.08 bits per heavy atom. The van der Waals surface area contributed by atoms with E-state index in [4.69, 9.17) is 9.15 Å². The number of fused-ring (bicyclic) bond motifs is 1. The van der Waals surface area contributed by atoms with Gasteiger partial charge in [0.05, 0.1) is 12.5 Å². The van der Waals surface area contributed by atoms with Gasteiger partial charge < -0.3 is 24.4 Å². The summed E-state index contributed by atoms with van der Waals surface area (Å²) in [7, 11) is 0. The van der Waals surface area contributed by atoms with E-state index in [-0.39, 0.29) is 6.61 Å². The van der Waals surface area contributed by atoms with E-state index in [1.807, 2.05) is 30.3 Å². The number of rotatable bonds is 6. The van der Waals surface area contributed by atoms with Gasteiger partial charge >= 0.3 is 5.63 Å². The molecule has 7 heteroatoms. The number of benzene rings is 2. The van der Waals surface area contributed by atoms with Crippen molar-refractivity contribution in [2.75, 3.05) is 13.2 Å². The summed E-state index contributed by atoms with van der Waals surface area (Å²) in [5, 5.41) is 13.2. The van der Waals surface area contributed by atoms with Crippen LogP contribution >= 0.6 is 0 Å². The summed E-state index contributed by atoms with van der Waals surface area (Å²) in [6.07, 6.45) is 0. The molecule has 2 aromatic carbocycles. The van der Waals surface area contributed by atoms with Crippen LogP contribution in [0.1, 0.15) is 0 Å². The monoisotopic (exact) mass is 352 g/mol. The van der Waals surface area contributed by atoms with Crippen LogP contribution in [0, 0.1) is 0 Å². The topological polar surface area (TPSA) is 109 Å². The second-order valence-corrected chi connectivity index (χ2v) is 5.44. The molecule has 132 valence electrons. The minimum Gasteiger partial charge on any atom is -0.548 e. The highest BCUT2D eigenvalue weighted by molar-refractivity contribution is 5.93. The van der Waals surface area contributed by atoms with Crippen LogP contribution in [-0.4, -0.2) is 25.0 Å². The Kier molecular flexibility index (Phi) is 4.98. The van der Waals surface area contributed by atoms with Crippen molar-refractivity contribution in [2.45, 2.75) is 0 Å². The Bertz CT molecular complexity index is 1010. The van der Waals surface area contributed by atoms with Gasteiger partial charge in [0.25, 0.3) is 5.91 Å². The Hall–Kier alpha value is -3.61. The van der Waals surface area contributed by atoms with Crippen molar-refractivity contribution in [3.05, 3.63) is 65.0 Å². The highest BCUT2D eigenvalue weighted by Crippen LogP contribution is 2.29. The zero-order valence-corrected chi connectivity index (χ0v) is 13.6. The molecule has 1 amide bonds. The zero-order valence-electron chi connectivity index (χ0n) is 13.6. The smallest absolute Gasteiger partial charge is 0.336 e. The quantitative estimate of drug-likeness (QED) is 0.654. The van der Waals surface area contributed by atoms with Crippen LogP contribution in [0.2, 0.25) is 0 Å². The molecule has 0 saturated carbocycles. The summed E-state index contributed by atoms with van der Waals surface area (Å²) in [5.41, 5.74) is 1.43. The zero-order chi connectivity index (χ0) is 18.5. The average Bonchev–Trinajstić information content (AvgIpc) is 2.64. The second kappa shape index (κ2) is 7.52. The number of carbonyl (C=O) groups is 2. The van der Waals surface area contributed by atoms with Crippen LogP contribution in [0.4, 0.5) is 0 Å². The largest absolute Gasteiger partial charge is 0.548 e. The lowest BCUT2D eigenvalue weighted by Crippen LogP contribution is -2.39. The number of hydrogen-bond donors (Lipinski definition) is 1. The Balaban J connectivity index is 1.84. The van der Waals surface area contributed by atoms with Gasteiger partial charge in [0.1, 0.15) is 11.3 Å². The Morgan fingerprint density at radius 2 is 1.85 bits per heavy atom. The van der Waals surface area contributed by atoms with Gasteiger partial charge in [-0.3, -0.25) is 4.79 Å². The Labute approximate surface area is 147 Å². The van der Waals surface area contributed by atoms with E-state index in [9.17, 15) is 19.5 Å². The standard InChI is InChI=1S/C19H15NO6/c21-17(20-10-18(22)23)11-25-13-6-7-14-15(12-4-2-1-3-5-12)9-19(24)26-16(14)8-13/h1-9H,10-11H2,(H,20,21)(H,22,23)/p-1. The number of ether oxygens (including phenoxy) is 1. The van der Waals surface area contributed by atoms with Crippen molar-refractivity contribution in [1.29, 1.82) is 0 Å². The third-order valence-electron chi connectivity index (χ3n) is 3.60. The van der Waals surface area contributed by atoms with Crippen molar-refractivity contribution < 1.29 is 23.8 Å². The maximum Gasteiger partial charge on any atom is 0.336 e. The van der Waals surface area contributed by atoms with Crippen molar-refractivity contribution in [3.8, 4) is 16.9 Å². The van der Waals surface area contributed by atoms with E-state index in [0.29, 0.717) is 11.3 Å². The fraction of sp³-hybridized carbons (Fsp3) is 0.105. The average molecular weight is 352 g/mol. The van der Waals surface area contributed by atoms with Crippen LogP contribution in [0.5, 0.6) is 5.75 Å². The lowest BCUT2D eigenvalue weighted by Gasteiger charge is -2.10. The molecule has 0 aliphatic carbocycles. The number of carboxylic acids is 1. The van der Waals surface area contributed by atoms with Crippen molar-refractivity contribution in [2.24, 2.45) is 0 Å². The van der Waals surface area contributed by atoms with E-state index in [1.54, 1.807) is 12.1 Å². The number of nitrogens with one attached hydrogen (secondary N) is 1. The molecule has 3 rings (SSSR count). The van der Waals surface area contributed by atoms with Gasteiger partial charge in [-0.05, 0) is 23.3 Å². The maximum atomic E-state index is 11.9. The minimum atomic E-state index is -1.39. The molecule has 0 bridgehead atoms. The fourth-order valence-electron chi connectivity index (χ4n) is 2.46. The van der Waals surface area contributed by atoms with Gasteiger partial charge in [-0.15, -0.1) is 0 Å². The first kappa shape index (κ1) is 17.2. The molecule has 0 saturated heterocycles. The highest BCUT2D eigenvalue weighted by Gasteiger charge is 2.10. The summed E-state index contributed by atoms with van der Waals surface area (Å²) < 4.78 is 10.5. The van der Waals surface area contributed by atoms with Gasteiger partial charge in [-0.2, -0.15) is 0 Å². The van der Waals surface area contributed by atoms with E-state index in [0.717, 1.165) is 16.5 Å². The highest BCUT2D eigenvalue weighted by atomic mass is 16.5. The third kappa shape index (κ3) is 4.07. The molecular weight excluding hydrogens is 338 g/mol. The molecule has 3 aromatic rings. The molecule has 0 fully saturated rings. The summed E-state index contributed by atoms with van der Waals surface area (Å²) >= 11 is 0. The number of carbonyl (C=O) groups excluding carboxylic acids is 2. The third-order valence-corrected chi connectivity index (χ3v) is 3.60. The molecule has 0 unspecified atom stereocenters. The number of amides is 1. The van der Waals surface area contributed by atoms with Crippen molar-refractivity contribution >= 4 is 22.8 Å². The SMILES string of the molecule is O=C([O-])CNC(=O)COc1ccc2c(-c3ccccc3)cc(=O)oc2c1. The lowest BCUT2D eigenvalue weighted by atomic mass is 10.0. The molecule has 0 aliphatic rings. The predicted octanol–water partition coefficient (Wildman–Crippen LogP) is 0.705. The van der Waals surface area contributed by atoms with Crippen molar-refractivity contribution in [1.82, 2.24) is 5.32 Å². The number of aliphatic carboxylic acids is 1. The molecule has 0 radical (unpaired) electrons. The molecule has 0 aliphatic heterocycles. The number of carboxylic acid groups (broad SMARTS) is 1. The first-order chi connectivity index (χ1) is 12.5. The van der Waals surface area contributed by atoms with E-state index >= 15 is 0 Å². The van der Waals surface area contributed by atoms with E-state index in [1.165, 1.54) is 12.1 Å². The summed E-state index contributed by atoms with van der Waals surface area (Å²) in [6, 6.07) is 15.7. The molecule has 1 aromatic heterocycles. The van der Waals surface area contributed by atoms with Gasteiger partial charge in [-0.1, -0.05) is 30.3 Å². The van der Waals surface area contributed by atoms with Gasteiger partial charge in [0.2, 0.25) is 0 Å². The van der Waals surface area contributed by atoms with Crippen LogP contribution in [0.3, 0.4) is 0 Å². The normalized spacial score (nSPS) is 10.5. The number of hydrogen-bond acceptors (Lipinski definition) is 6. The van der Waals surface area contributed by atoms with Crippen LogP contribution < -0.4 is 20.8 Å². The van der Waals surface area contributed by atoms with E-state index in [2.05, 4.69) is 5.32 Å². The van der Waals surface area contributed by atoms with Crippen molar-refractivity contribution in [3.63, 3.8) is 0 Å². The first-order valence-corrected chi connectivity index (χ1v) is 7.75. The molecule has 26 heavy (non-hydrogen) atoms. The molecule has 0 spiro atoms. The maximum absolute atomic E-state index is 11.9. The van der Waals surface area contributed by atoms with Crippen LogP contribution in [-0.2, 0) is 9.59 Å². The lowest BCUT2D eigenvalue weighted by molar-refractivity contribution is -0.304. The summed E-state index contributed by atoms with van der Waals surface area (Å²) in [4.78, 5) is 33.6. The van der Waals surface area contributed by atoms with Gasteiger partial charge in [0, 0.05) is 17.5 Å². The molecule has 0 atom stereocenters. The predicted molar refractivity (Wildman–Crippen MR) is 91.4 cm³/mol. The Morgan fingerprint density at radius 3 is 2.58 bits per heavy atom. The fourth-order valence-corrected chi connectivity index (χ4v) is 2.46. The van der Waals surface area contributed by atoms with Gasteiger partial charge in [0.15, 0.2) is 6.61 Å². The van der Waals surface area contributed by atoms with E-state index < -0.39 is 24.0 Å². The summed E-state index contributed by atoms with van der Waals surface area (Å²) in [5.74, 6) is -1.68. The first-order valence-electron chi connectivity index (χ1n) is 7.75. The van der Waals surface area contributed by atoms with Gasteiger partial charge in [-0.25, -0.2) is 4.79 Å². The summed E-state index contributed by atoms with van der Waals surface area (Å²) in [6.45, 7) is -0.962. The molecule has 1 heterocycles. The molecule has 1 N–H and O–H groups in total. The molecule has 7 nitrogen and oxygen atoms in total.